The largest absolute Gasteiger partial charge is 0.480 e. The monoisotopic (exact) mass is 283 g/mol. The first-order valence-corrected chi connectivity index (χ1v) is 5.74. The molecule has 1 rings (SSSR count). The number of halogens is 1. The summed E-state index contributed by atoms with van der Waals surface area (Å²) < 4.78 is 6.34. The number of carbonyl (C=O) groups excluding carboxylic acids is 1. The molecule has 4 heteroatoms. The first kappa shape index (κ1) is 12.8. The number of ether oxygens (including phenoxy) is 1. The van der Waals surface area contributed by atoms with Crippen LogP contribution in [0.3, 0.4) is 0 Å². The Morgan fingerprint density at radius 3 is 2.94 bits per heavy atom. The van der Waals surface area contributed by atoms with Crippen molar-refractivity contribution in [3.8, 4) is 5.75 Å². The number of nitrogens with one attached hydrogen (secondary N) is 1. The van der Waals surface area contributed by atoms with Crippen molar-refractivity contribution in [3.63, 3.8) is 0 Å². The van der Waals surface area contributed by atoms with Crippen LogP contribution in [0.25, 0.3) is 0 Å². The van der Waals surface area contributed by atoms with Crippen LogP contribution in [0.4, 0.5) is 0 Å². The SMILES string of the molecule is C=CCNC(=O)C(C)Oc1ccccc1Br. The van der Waals surface area contributed by atoms with E-state index in [1.807, 2.05) is 18.2 Å². The maximum Gasteiger partial charge on any atom is 0.261 e. The van der Waals surface area contributed by atoms with Crippen molar-refractivity contribution in [2.24, 2.45) is 0 Å². The molecule has 0 aromatic heterocycles. The number of hydrogen-bond acceptors (Lipinski definition) is 2. The summed E-state index contributed by atoms with van der Waals surface area (Å²) in [5.41, 5.74) is 0. The topological polar surface area (TPSA) is 38.3 Å². The molecule has 1 N–H and O–H groups in total. The number of para-hydroxylation sites is 1. The molecule has 1 amide bonds. The van der Waals surface area contributed by atoms with Crippen molar-refractivity contribution in [1.29, 1.82) is 0 Å². The minimum Gasteiger partial charge on any atom is -0.480 e. The zero-order valence-electron chi connectivity index (χ0n) is 9.07. The molecule has 1 aromatic carbocycles. The lowest BCUT2D eigenvalue weighted by Crippen LogP contribution is -2.36. The highest BCUT2D eigenvalue weighted by atomic mass is 79.9. The van der Waals surface area contributed by atoms with Crippen molar-refractivity contribution in [3.05, 3.63) is 41.4 Å². The van der Waals surface area contributed by atoms with E-state index < -0.39 is 6.10 Å². The molecule has 1 atom stereocenters. The Morgan fingerprint density at radius 2 is 2.31 bits per heavy atom. The van der Waals surface area contributed by atoms with E-state index in [2.05, 4.69) is 27.8 Å². The van der Waals surface area contributed by atoms with Gasteiger partial charge in [0.2, 0.25) is 0 Å². The second-order valence-corrected chi connectivity index (χ2v) is 4.08. The summed E-state index contributed by atoms with van der Waals surface area (Å²) in [6.07, 6.45) is 1.10. The lowest BCUT2D eigenvalue weighted by atomic mass is 10.3. The van der Waals surface area contributed by atoms with E-state index in [1.165, 1.54) is 0 Å². The van der Waals surface area contributed by atoms with E-state index in [9.17, 15) is 4.79 Å². The van der Waals surface area contributed by atoms with Crippen LogP contribution in [0.1, 0.15) is 6.92 Å². The molecule has 16 heavy (non-hydrogen) atoms. The van der Waals surface area contributed by atoms with E-state index in [0.717, 1.165) is 4.47 Å². The van der Waals surface area contributed by atoms with Gasteiger partial charge in [-0.3, -0.25) is 4.79 Å². The molecule has 1 aromatic rings. The van der Waals surface area contributed by atoms with Gasteiger partial charge in [-0.15, -0.1) is 6.58 Å². The molecule has 86 valence electrons. The fourth-order valence-corrected chi connectivity index (χ4v) is 1.48. The van der Waals surface area contributed by atoms with Crippen molar-refractivity contribution in [1.82, 2.24) is 5.32 Å². The normalized spacial score (nSPS) is 11.6. The van der Waals surface area contributed by atoms with Gasteiger partial charge in [0.05, 0.1) is 4.47 Å². The highest BCUT2D eigenvalue weighted by molar-refractivity contribution is 9.10. The second kappa shape index (κ2) is 6.33. The van der Waals surface area contributed by atoms with Crippen molar-refractivity contribution < 1.29 is 9.53 Å². The molecule has 0 fully saturated rings. The third-order valence-electron chi connectivity index (χ3n) is 1.93. The number of carbonyl (C=O) groups is 1. The van der Waals surface area contributed by atoms with E-state index in [1.54, 1.807) is 19.1 Å². The number of hydrogen-bond donors (Lipinski definition) is 1. The minimum atomic E-state index is -0.529. The van der Waals surface area contributed by atoms with Crippen LogP contribution < -0.4 is 10.1 Å². The predicted molar refractivity (Wildman–Crippen MR) is 67.4 cm³/mol. The van der Waals surface area contributed by atoms with Crippen LogP contribution in [0.15, 0.2) is 41.4 Å². The Labute approximate surface area is 104 Å². The summed E-state index contributed by atoms with van der Waals surface area (Å²) in [4.78, 5) is 11.5. The zero-order valence-corrected chi connectivity index (χ0v) is 10.7. The number of rotatable bonds is 5. The standard InChI is InChI=1S/C12H14BrNO2/c1-3-8-14-12(15)9(2)16-11-7-5-4-6-10(11)13/h3-7,9H,1,8H2,2H3,(H,14,15). The molecule has 3 nitrogen and oxygen atoms in total. The Bertz CT molecular complexity index is 379. The molecule has 0 saturated heterocycles. The molecule has 1 unspecified atom stereocenters. The molecular weight excluding hydrogens is 270 g/mol. The van der Waals surface area contributed by atoms with Crippen molar-refractivity contribution in [2.45, 2.75) is 13.0 Å². The van der Waals surface area contributed by atoms with Gasteiger partial charge >= 0.3 is 0 Å². The highest BCUT2D eigenvalue weighted by Crippen LogP contribution is 2.24. The number of benzene rings is 1. The Hall–Kier alpha value is -1.29. The van der Waals surface area contributed by atoms with Crippen LogP contribution in [-0.2, 0) is 4.79 Å². The molecule has 0 aliphatic carbocycles. The maximum atomic E-state index is 11.5. The zero-order chi connectivity index (χ0) is 12.0. The average Bonchev–Trinajstić information content (AvgIpc) is 2.28. The van der Waals surface area contributed by atoms with Crippen molar-refractivity contribution >= 4 is 21.8 Å². The molecular formula is C12H14BrNO2. The smallest absolute Gasteiger partial charge is 0.261 e. The first-order valence-electron chi connectivity index (χ1n) is 4.95. The van der Waals surface area contributed by atoms with Crippen LogP contribution in [0.5, 0.6) is 5.75 Å². The lowest BCUT2D eigenvalue weighted by Gasteiger charge is -2.14. The molecule has 0 aliphatic rings. The van der Waals surface area contributed by atoms with Crippen molar-refractivity contribution in [2.75, 3.05) is 6.54 Å². The Kier molecular flexibility index (Phi) is 5.05. The Balaban J connectivity index is 2.57. The summed E-state index contributed by atoms with van der Waals surface area (Å²) in [6, 6.07) is 7.42. The van der Waals surface area contributed by atoms with Gasteiger partial charge in [0, 0.05) is 6.54 Å². The molecule has 0 radical (unpaired) electrons. The van der Waals surface area contributed by atoms with Crippen LogP contribution >= 0.6 is 15.9 Å². The average molecular weight is 284 g/mol. The summed E-state index contributed by atoms with van der Waals surface area (Å²) in [6.45, 7) is 5.68. The lowest BCUT2D eigenvalue weighted by molar-refractivity contribution is -0.127. The summed E-state index contributed by atoms with van der Waals surface area (Å²) in [5, 5.41) is 2.67. The second-order valence-electron chi connectivity index (χ2n) is 3.22. The van der Waals surface area contributed by atoms with Gasteiger partial charge in [0.25, 0.3) is 5.91 Å². The third-order valence-corrected chi connectivity index (χ3v) is 2.59. The van der Waals surface area contributed by atoms with Gasteiger partial charge in [-0.2, -0.15) is 0 Å². The minimum absolute atomic E-state index is 0.157. The number of amides is 1. The fraction of sp³-hybridized carbons (Fsp3) is 0.250. The van der Waals surface area contributed by atoms with Gasteiger partial charge in [0.1, 0.15) is 5.75 Å². The first-order chi connectivity index (χ1) is 7.65. The van der Waals surface area contributed by atoms with Gasteiger partial charge in [0.15, 0.2) is 6.10 Å². The van der Waals surface area contributed by atoms with Crippen LogP contribution in [0.2, 0.25) is 0 Å². The van der Waals surface area contributed by atoms with Gasteiger partial charge in [-0.1, -0.05) is 18.2 Å². The highest BCUT2D eigenvalue weighted by Gasteiger charge is 2.14. The van der Waals surface area contributed by atoms with E-state index in [0.29, 0.717) is 12.3 Å². The molecule has 0 spiro atoms. The summed E-state index contributed by atoms with van der Waals surface area (Å²) in [7, 11) is 0. The predicted octanol–water partition coefficient (Wildman–Crippen LogP) is 2.52. The quantitative estimate of drug-likeness (QED) is 0.844. The van der Waals surface area contributed by atoms with Gasteiger partial charge in [-0.05, 0) is 35.0 Å². The maximum absolute atomic E-state index is 11.5. The Morgan fingerprint density at radius 1 is 1.62 bits per heavy atom. The third kappa shape index (κ3) is 3.70. The molecule has 0 bridgehead atoms. The fourth-order valence-electron chi connectivity index (χ4n) is 1.10. The molecule has 0 aliphatic heterocycles. The van der Waals surface area contributed by atoms with Gasteiger partial charge in [-0.25, -0.2) is 0 Å². The molecule has 0 heterocycles. The van der Waals surface area contributed by atoms with Crippen LogP contribution in [-0.4, -0.2) is 18.6 Å². The van der Waals surface area contributed by atoms with E-state index >= 15 is 0 Å². The summed E-state index contributed by atoms with van der Waals surface area (Å²) >= 11 is 3.35. The molecule has 0 saturated carbocycles. The summed E-state index contributed by atoms with van der Waals surface area (Å²) in [5.74, 6) is 0.499. The van der Waals surface area contributed by atoms with Crippen LogP contribution in [0, 0.1) is 0 Å². The van der Waals surface area contributed by atoms with E-state index in [-0.39, 0.29) is 5.91 Å². The van der Waals surface area contributed by atoms with Gasteiger partial charge < -0.3 is 10.1 Å². The van der Waals surface area contributed by atoms with E-state index in [4.69, 9.17) is 4.74 Å².